The molecule has 0 spiro atoms. The fourth-order valence-corrected chi connectivity index (χ4v) is 1.86. The van der Waals surface area contributed by atoms with E-state index in [1.165, 1.54) is 0 Å². The van der Waals surface area contributed by atoms with Crippen LogP contribution >= 0.6 is 0 Å². The quantitative estimate of drug-likeness (QED) is 0.871. The Bertz CT molecular complexity index is 388. The standard InChI is InChI=1S/C14H23FN2/c1-6-10(3)17(5)14-7-9(2)13(15)8-12(14)11(4)16/h7-8,10-11H,6,16H2,1-5H3/t10?,11-/m1/s1. The molecule has 1 unspecified atom stereocenters. The molecule has 0 radical (unpaired) electrons. The van der Waals surface area contributed by atoms with Crippen LogP contribution in [0.4, 0.5) is 10.1 Å². The van der Waals surface area contributed by atoms with Gasteiger partial charge in [-0.15, -0.1) is 0 Å². The van der Waals surface area contributed by atoms with Gasteiger partial charge in [0.05, 0.1) is 0 Å². The van der Waals surface area contributed by atoms with Crippen molar-refractivity contribution in [3.05, 3.63) is 29.1 Å². The maximum Gasteiger partial charge on any atom is 0.126 e. The summed E-state index contributed by atoms with van der Waals surface area (Å²) in [5.74, 6) is -0.182. The number of nitrogens with two attached hydrogens (primary N) is 1. The number of benzene rings is 1. The van der Waals surface area contributed by atoms with E-state index < -0.39 is 0 Å². The zero-order valence-electron chi connectivity index (χ0n) is 11.4. The molecular weight excluding hydrogens is 215 g/mol. The van der Waals surface area contributed by atoms with Gasteiger partial charge in [-0.2, -0.15) is 0 Å². The number of nitrogens with zero attached hydrogens (tertiary/aromatic N) is 1. The lowest BCUT2D eigenvalue weighted by Gasteiger charge is -2.29. The summed E-state index contributed by atoms with van der Waals surface area (Å²) in [6, 6.07) is 3.71. The fourth-order valence-electron chi connectivity index (χ4n) is 1.86. The first-order valence-corrected chi connectivity index (χ1v) is 6.16. The lowest BCUT2D eigenvalue weighted by atomic mass is 10.0. The van der Waals surface area contributed by atoms with E-state index in [0.717, 1.165) is 17.7 Å². The van der Waals surface area contributed by atoms with Gasteiger partial charge in [0.25, 0.3) is 0 Å². The first-order chi connectivity index (χ1) is 7.88. The van der Waals surface area contributed by atoms with Crippen molar-refractivity contribution >= 4 is 5.69 Å². The number of halogens is 1. The highest BCUT2D eigenvalue weighted by atomic mass is 19.1. The van der Waals surface area contributed by atoms with E-state index in [2.05, 4.69) is 18.7 Å². The maximum absolute atomic E-state index is 13.6. The second-order valence-corrected chi connectivity index (χ2v) is 4.82. The Balaban J connectivity index is 3.25. The molecule has 0 aromatic heterocycles. The van der Waals surface area contributed by atoms with Crippen molar-refractivity contribution < 1.29 is 4.39 Å². The molecule has 0 saturated heterocycles. The molecule has 3 heteroatoms. The van der Waals surface area contributed by atoms with Gasteiger partial charge in [0, 0.05) is 24.8 Å². The summed E-state index contributed by atoms with van der Waals surface area (Å²) >= 11 is 0. The van der Waals surface area contributed by atoms with E-state index >= 15 is 0 Å². The van der Waals surface area contributed by atoms with Crippen LogP contribution in [0.2, 0.25) is 0 Å². The van der Waals surface area contributed by atoms with Crippen molar-refractivity contribution in [2.45, 2.75) is 46.2 Å². The topological polar surface area (TPSA) is 29.3 Å². The summed E-state index contributed by atoms with van der Waals surface area (Å²) in [5, 5.41) is 0. The van der Waals surface area contributed by atoms with E-state index in [1.54, 1.807) is 13.0 Å². The van der Waals surface area contributed by atoms with E-state index in [0.29, 0.717) is 11.6 Å². The van der Waals surface area contributed by atoms with E-state index in [9.17, 15) is 4.39 Å². The molecule has 1 aromatic rings. The SMILES string of the molecule is CCC(C)N(C)c1cc(C)c(F)cc1[C@@H](C)N. The Hall–Kier alpha value is -1.09. The van der Waals surface area contributed by atoms with Crippen LogP contribution in [0, 0.1) is 12.7 Å². The van der Waals surface area contributed by atoms with Gasteiger partial charge in [-0.25, -0.2) is 4.39 Å². The highest BCUT2D eigenvalue weighted by Crippen LogP contribution is 2.29. The maximum atomic E-state index is 13.6. The van der Waals surface area contributed by atoms with Gasteiger partial charge in [-0.3, -0.25) is 0 Å². The third-order valence-corrected chi connectivity index (χ3v) is 3.43. The van der Waals surface area contributed by atoms with Gasteiger partial charge < -0.3 is 10.6 Å². The summed E-state index contributed by atoms with van der Waals surface area (Å²) < 4.78 is 13.6. The number of hydrogen-bond acceptors (Lipinski definition) is 2. The van der Waals surface area contributed by atoms with Gasteiger partial charge in [0.2, 0.25) is 0 Å². The molecule has 17 heavy (non-hydrogen) atoms. The molecule has 1 rings (SSSR count). The van der Waals surface area contributed by atoms with Crippen molar-refractivity contribution in [2.24, 2.45) is 5.73 Å². The number of hydrogen-bond donors (Lipinski definition) is 1. The molecule has 0 aliphatic rings. The number of aryl methyl sites for hydroxylation is 1. The summed E-state index contributed by atoms with van der Waals surface area (Å²) in [6.45, 7) is 7.97. The highest BCUT2D eigenvalue weighted by molar-refractivity contribution is 5.57. The van der Waals surface area contributed by atoms with Gasteiger partial charge in [-0.05, 0) is 50.5 Å². The molecule has 0 aliphatic carbocycles. The molecule has 0 amide bonds. The van der Waals surface area contributed by atoms with Crippen LogP contribution in [0.25, 0.3) is 0 Å². The Morgan fingerprint density at radius 3 is 2.41 bits per heavy atom. The summed E-state index contributed by atoms with van der Waals surface area (Å²) in [7, 11) is 2.03. The minimum atomic E-state index is -0.182. The lowest BCUT2D eigenvalue weighted by molar-refractivity contribution is 0.609. The number of rotatable bonds is 4. The van der Waals surface area contributed by atoms with Crippen LogP contribution < -0.4 is 10.6 Å². The minimum Gasteiger partial charge on any atom is -0.372 e. The third kappa shape index (κ3) is 2.97. The lowest BCUT2D eigenvalue weighted by Crippen LogP contribution is -2.30. The second-order valence-electron chi connectivity index (χ2n) is 4.82. The molecule has 2 nitrogen and oxygen atoms in total. The predicted molar refractivity (Wildman–Crippen MR) is 71.9 cm³/mol. The summed E-state index contributed by atoms with van der Waals surface area (Å²) in [4.78, 5) is 2.17. The fraction of sp³-hybridized carbons (Fsp3) is 0.571. The van der Waals surface area contributed by atoms with Crippen LogP contribution in [0.5, 0.6) is 0 Å². The van der Waals surface area contributed by atoms with E-state index in [4.69, 9.17) is 5.73 Å². The van der Waals surface area contributed by atoms with Crippen molar-refractivity contribution in [3.8, 4) is 0 Å². The Morgan fingerprint density at radius 2 is 1.94 bits per heavy atom. The summed E-state index contributed by atoms with van der Waals surface area (Å²) in [6.07, 6.45) is 1.05. The second kappa shape index (κ2) is 5.50. The van der Waals surface area contributed by atoms with Crippen molar-refractivity contribution in [2.75, 3.05) is 11.9 Å². The molecular formula is C14H23FN2. The third-order valence-electron chi connectivity index (χ3n) is 3.43. The van der Waals surface area contributed by atoms with Crippen molar-refractivity contribution in [1.29, 1.82) is 0 Å². The molecule has 0 fully saturated rings. The average molecular weight is 238 g/mol. The van der Waals surface area contributed by atoms with Crippen LogP contribution in [0.1, 0.15) is 44.4 Å². The molecule has 2 atom stereocenters. The average Bonchev–Trinajstić information content (AvgIpc) is 2.29. The monoisotopic (exact) mass is 238 g/mol. The Labute approximate surface area is 104 Å². The van der Waals surface area contributed by atoms with Gasteiger partial charge in [-0.1, -0.05) is 6.92 Å². The van der Waals surface area contributed by atoms with Crippen LogP contribution in [-0.2, 0) is 0 Å². The molecule has 0 bridgehead atoms. The van der Waals surface area contributed by atoms with Crippen molar-refractivity contribution in [3.63, 3.8) is 0 Å². The highest BCUT2D eigenvalue weighted by Gasteiger charge is 2.16. The van der Waals surface area contributed by atoms with Crippen molar-refractivity contribution in [1.82, 2.24) is 0 Å². The first-order valence-electron chi connectivity index (χ1n) is 6.16. The molecule has 0 aliphatic heterocycles. The Morgan fingerprint density at radius 1 is 1.35 bits per heavy atom. The van der Waals surface area contributed by atoms with Gasteiger partial charge >= 0.3 is 0 Å². The van der Waals surface area contributed by atoms with Crippen LogP contribution in [-0.4, -0.2) is 13.1 Å². The van der Waals surface area contributed by atoms with Gasteiger partial charge in [0.15, 0.2) is 0 Å². The zero-order valence-corrected chi connectivity index (χ0v) is 11.4. The molecule has 0 heterocycles. The van der Waals surface area contributed by atoms with E-state index in [1.807, 2.05) is 20.0 Å². The molecule has 96 valence electrons. The minimum absolute atomic E-state index is 0.161. The largest absolute Gasteiger partial charge is 0.372 e. The smallest absolute Gasteiger partial charge is 0.126 e. The summed E-state index contributed by atoms with van der Waals surface area (Å²) in [5.41, 5.74) is 8.49. The van der Waals surface area contributed by atoms with Crippen LogP contribution in [0.3, 0.4) is 0 Å². The molecule has 2 N–H and O–H groups in total. The van der Waals surface area contributed by atoms with Gasteiger partial charge in [0.1, 0.15) is 5.82 Å². The Kier molecular flexibility index (Phi) is 4.52. The molecule has 0 saturated carbocycles. The zero-order chi connectivity index (χ0) is 13.2. The van der Waals surface area contributed by atoms with E-state index in [-0.39, 0.29) is 11.9 Å². The molecule has 1 aromatic carbocycles. The predicted octanol–water partition coefficient (Wildman–Crippen LogP) is 3.39. The normalized spacial score (nSPS) is 14.5. The first kappa shape index (κ1) is 14.0. The van der Waals surface area contributed by atoms with Crippen LogP contribution in [0.15, 0.2) is 12.1 Å². The number of anilines is 1.